The van der Waals surface area contributed by atoms with Crippen LogP contribution in [0.25, 0.3) is 0 Å². The van der Waals surface area contributed by atoms with Gasteiger partial charge in [0.05, 0.1) is 16.3 Å². The summed E-state index contributed by atoms with van der Waals surface area (Å²) in [5.41, 5.74) is 7.83. The fourth-order valence-electron chi connectivity index (χ4n) is 3.53. The Labute approximate surface area is 129 Å². The number of thiazole rings is 1. The van der Waals surface area contributed by atoms with Crippen LogP contribution in [-0.2, 0) is 4.74 Å². The number of aryl methyl sites for hydroxylation is 2. The van der Waals surface area contributed by atoms with Gasteiger partial charge in [0.1, 0.15) is 0 Å². The van der Waals surface area contributed by atoms with Crippen molar-refractivity contribution in [3.05, 3.63) is 15.6 Å². The zero-order valence-electron chi connectivity index (χ0n) is 12.4. The first-order chi connectivity index (χ1) is 9.60. The Kier molecular flexibility index (Phi) is 4.41. The van der Waals surface area contributed by atoms with E-state index in [1.54, 1.807) is 11.3 Å². The Hall–Kier alpha value is -0.100. The van der Waals surface area contributed by atoms with Gasteiger partial charge < -0.3 is 10.5 Å². The van der Waals surface area contributed by atoms with Crippen molar-refractivity contribution < 1.29 is 4.74 Å². The van der Waals surface area contributed by atoms with Gasteiger partial charge in [0.15, 0.2) is 0 Å². The van der Waals surface area contributed by atoms with Crippen LogP contribution in [0.4, 0.5) is 0 Å². The summed E-state index contributed by atoms with van der Waals surface area (Å²) >= 11 is 3.83. The lowest BCUT2D eigenvalue weighted by molar-refractivity contribution is -0.105. The molecule has 2 N–H and O–H groups in total. The molecule has 2 fully saturated rings. The zero-order valence-corrected chi connectivity index (χ0v) is 14.0. The molecule has 5 heteroatoms. The molecule has 0 aliphatic carbocycles. The van der Waals surface area contributed by atoms with E-state index in [4.69, 9.17) is 10.5 Å². The molecule has 0 saturated carbocycles. The maximum atomic E-state index is 6.58. The van der Waals surface area contributed by atoms with Crippen molar-refractivity contribution in [1.29, 1.82) is 0 Å². The first-order valence-electron chi connectivity index (χ1n) is 7.51. The van der Waals surface area contributed by atoms with Crippen LogP contribution in [0.5, 0.6) is 0 Å². The van der Waals surface area contributed by atoms with Crippen molar-refractivity contribution in [3.63, 3.8) is 0 Å². The van der Waals surface area contributed by atoms with Crippen LogP contribution < -0.4 is 5.73 Å². The van der Waals surface area contributed by atoms with Gasteiger partial charge in [-0.3, -0.25) is 0 Å². The van der Waals surface area contributed by atoms with Crippen LogP contribution in [-0.4, -0.2) is 28.7 Å². The molecule has 2 atom stereocenters. The second-order valence-electron chi connectivity index (χ2n) is 6.11. The van der Waals surface area contributed by atoms with Gasteiger partial charge in [-0.05, 0) is 57.0 Å². The van der Waals surface area contributed by atoms with Crippen molar-refractivity contribution >= 4 is 23.1 Å². The summed E-state index contributed by atoms with van der Waals surface area (Å²) in [6.45, 7) is 5.03. The van der Waals surface area contributed by atoms with Gasteiger partial charge in [-0.25, -0.2) is 4.98 Å². The van der Waals surface area contributed by atoms with E-state index in [1.165, 1.54) is 29.2 Å². The number of nitrogens with zero attached hydrogens (tertiary/aromatic N) is 1. The van der Waals surface area contributed by atoms with Crippen molar-refractivity contribution in [2.45, 2.75) is 51.2 Å². The molecule has 0 bridgehead atoms. The van der Waals surface area contributed by atoms with E-state index < -0.39 is 0 Å². The standard InChI is InChI=1S/C15H24N2OS2/c1-10-14(20-11(2)17-10)13(16)12-3-6-18-15(9-12)4-7-19-8-5-15/h12-13H,3-9,16H2,1-2H3. The number of thioether (sulfide) groups is 1. The van der Waals surface area contributed by atoms with Gasteiger partial charge in [0, 0.05) is 17.5 Å². The Morgan fingerprint density at radius 3 is 2.75 bits per heavy atom. The van der Waals surface area contributed by atoms with Crippen molar-refractivity contribution in [2.75, 3.05) is 18.1 Å². The first kappa shape index (κ1) is 14.8. The van der Waals surface area contributed by atoms with Crippen LogP contribution in [0.1, 0.15) is 47.3 Å². The van der Waals surface area contributed by atoms with E-state index in [1.807, 2.05) is 0 Å². The molecule has 3 heterocycles. The summed E-state index contributed by atoms with van der Waals surface area (Å²) in [6, 6.07) is 0.136. The molecule has 3 rings (SSSR count). The summed E-state index contributed by atoms with van der Waals surface area (Å²) in [4.78, 5) is 5.82. The molecular weight excluding hydrogens is 288 g/mol. The Morgan fingerprint density at radius 1 is 1.35 bits per heavy atom. The van der Waals surface area contributed by atoms with E-state index in [0.29, 0.717) is 5.92 Å². The molecule has 2 aliphatic heterocycles. The predicted molar refractivity (Wildman–Crippen MR) is 86.5 cm³/mol. The normalized spacial score (nSPS) is 27.6. The molecule has 1 aromatic rings. The molecule has 20 heavy (non-hydrogen) atoms. The minimum absolute atomic E-state index is 0.124. The molecule has 2 unspecified atom stereocenters. The molecular formula is C15H24N2OS2. The minimum Gasteiger partial charge on any atom is -0.375 e. The topological polar surface area (TPSA) is 48.1 Å². The fraction of sp³-hybridized carbons (Fsp3) is 0.800. The van der Waals surface area contributed by atoms with E-state index in [9.17, 15) is 0 Å². The Morgan fingerprint density at radius 2 is 2.10 bits per heavy atom. The maximum Gasteiger partial charge on any atom is 0.0900 e. The van der Waals surface area contributed by atoms with Gasteiger partial charge in [-0.15, -0.1) is 11.3 Å². The summed E-state index contributed by atoms with van der Waals surface area (Å²) in [5, 5.41) is 1.13. The van der Waals surface area contributed by atoms with Gasteiger partial charge >= 0.3 is 0 Å². The lowest BCUT2D eigenvalue weighted by Gasteiger charge is -2.44. The molecule has 1 aromatic heterocycles. The number of nitrogens with two attached hydrogens (primary N) is 1. The predicted octanol–water partition coefficient (Wildman–Crippen LogP) is 3.45. The molecule has 0 amide bonds. The van der Waals surface area contributed by atoms with E-state index in [-0.39, 0.29) is 11.6 Å². The quantitative estimate of drug-likeness (QED) is 0.908. The summed E-state index contributed by atoms with van der Waals surface area (Å²) in [6.07, 6.45) is 4.61. The second kappa shape index (κ2) is 5.95. The molecule has 1 spiro atoms. The molecule has 0 radical (unpaired) electrons. The zero-order chi connectivity index (χ0) is 14.2. The van der Waals surface area contributed by atoms with Gasteiger partial charge in [0.25, 0.3) is 0 Å². The van der Waals surface area contributed by atoms with Crippen molar-refractivity contribution in [2.24, 2.45) is 11.7 Å². The average Bonchev–Trinajstić information content (AvgIpc) is 2.78. The Bertz CT molecular complexity index is 463. The third kappa shape index (κ3) is 2.91. The van der Waals surface area contributed by atoms with Gasteiger partial charge in [-0.2, -0.15) is 11.8 Å². The monoisotopic (exact) mass is 312 g/mol. The number of rotatable bonds is 2. The number of hydrogen-bond donors (Lipinski definition) is 1. The highest BCUT2D eigenvalue weighted by Gasteiger charge is 2.41. The third-order valence-electron chi connectivity index (χ3n) is 4.69. The summed E-state index contributed by atoms with van der Waals surface area (Å²) in [5.74, 6) is 3.02. The molecule has 3 nitrogen and oxygen atoms in total. The fourth-order valence-corrected chi connectivity index (χ4v) is 5.79. The van der Waals surface area contributed by atoms with Gasteiger partial charge in [0.2, 0.25) is 0 Å². The van der Waals surface area contributed by atoms with Crippen LogP contribution in [0.3, 0.4) is 0 Å². The summed E-state index contributed by atoms with van der Waals surface area (Å²) < 4.78 is 6.18. The highest BCUT2D eigenvalue weighted by atomic mass is 32.2. The maximum absolute atomic E-state index is 6.58. The van der Waals surface area contributed by atoms with Crippen molar-refractivity contribution in [1.82, 2.24) is 4.98 Å². The number of hydrogen-bond acceptors (Lipinski definition) is 5. The van der Waals surface area contributed by atoms with Gasteiger partial charge in [-0.1, -0.05) is 0 Å². The summed E-state index contributed by atoms with van der Waals surface area (Å²) in [7, 11) is 0. The van der Waals surface area contributed by atoms with Crippen LogP contribution in [0.2, 0.25) is 0 Å². The van der Waals surface area contributed by atoms with Crippen LogP contribution >= 0.6 is 23.1 Å². The molecule has 2 aliphatic rings. The third-order valence-corrected chi connectivity index (χ3v) is 6.84. The molecule has 2 saturated heterocycles. The average molecular weight is 313 g/mol. The Balaban J connectivity index is 1.74. The number of aromatic nitrogens is 1. The van der Waals surface area contributed by atoms with E-state index >= 15 is 0 Å². The van der Waals surface area contributed by atoms with Crippen LogP contribution in [0, 0.1) is 19.8 Å². The lowest BCUT2D eigenvalue weighted by Crippen LogP contribution is -2.45. The van der Waals surface area contributed by atoms with Crippen molar-refractivity contribution in [3.8, 4) is 0 Å². The van der Waals surface area contributed by atoms with E-state index in [0.717, 1.165) is 30.2 Å². The van der Waals surface area contributed by atoms with E-state index in [2.05, 4.69) is 30.6 Å². The second-order valence-corrected chi connectivity index (χ2v) is 8.56. The highest BCUT2D eigenvalue weighted by molar-refractivity contribution is 7.99. The molecule has 112 valence electrons. The minimum atomic E-state index is 0.124. The smallest absolute Gasteiger partial charge is 0.0900 e. The molecule has 0 aromatic carbocycles. The number of ether oxygens (including phenoxy) is 1. The SMILES string of the molecule is Cc1nc(C)c(C(N)C2CCOC3(CCSCC3)C2)s1. The first-order valence-corrected chi connectivity index (χ1v) is 9.48. The lowest BCUT2D eigenvalue weighted by atomic mass is 9.78. The highest BCUT2D eigenvalue weighted by Crippen LogP contribution is 2.43. The largest absolute Gasteiger partial charge is 0.375 e. The van der Waals surface area contributed by atoms with Crippen LogP contribution in [0.15, 0.2) is 0 Å².